The highest BCUT2D eigenvalue weighted by Crippen LogP contribution is 2.29. The van der Waals surface area contributed by atoms with E-state index in [0.717, 1.165) is 6.07 Å². The fraction of sp³-hybridized carbons (Fsp3) is 0.333. The lowest BCUT2D eigenvalue weighted by Gasteiger charge is -2.12. The molecule has 0 N–H and O–H groups in total. The summed E-state index contributed by atoms with van der Waals surface area (Å²) in [5, 5.41) is 0.131. The Morgan fingerprint density at radius 3 is 2.59 bits per heavy atom. The van der Waals surface area contributed by atoms with Gasteiger partial charge in [0.25, 0.3) is 0 Å². The summed E-state index contributed by atoms with van der Waals surface area (Å²) in [5.74, 6) is -0.582. The molecule has 0 atom stereocenters. The summed E-state index contributed by atoms with van der Waals surface area (Å²) in [4.78, 5) is 14.3. The molecule has 0 fully saturated rings. The Hall–Kier alpha value is -1.31. The normalized spacial score (nSPS) is 11.1. The van der Waals surface area contributed by atoms with Gasteiger partial charge in [-0.2, -0.15) is 0 Å². The predicted molar refractivity (Wildman–Crippen MR) is 55.5 cm³/mol. The Morgan fingerprint density at radius 2 is 2.18 bits per heavy atom. The number of aldehydes is 1. The van der Waals surface area contributed by atoms with E-state index in [1.54, 1.807) is 0 Å². The highest BCUT2D eigenvalue weighted by molar-refractivity contribution is 9.08. The molecule has 8 heteroatoms. The van der Waals surface area contributed by atoms with Crippen molar-refractivity contribution in [2.45, 2.75) is 11.7 Å². The van der Waals surface area contributed by atoms with Crippen LogP contribution in [-0.2, 0) is 5.33 Å². The number of hydrogen-bond donors (Lipinski definition) is 0. The van der Waals surface area contributed by atoms with E-state index in [0.29, 0.717) is 6.29 Å². The zero-order valence-electron chi connectivity index (χ0n) is 8.55. The van der Waals surface area contributed by atoms with E-state index in [2.05, 4.69) is 25.7 Å². The van der Waals surface area contributed by atoms with E-state index in [9.17, 15) is 18.0 Å². The number of aromatic nitrogens is 1. The van der Waals surface area contributed by atoms with Crippen molar-refractivity contribution in [1.82, 2.24) is 4.98 Å². The Labute approximate surface area is 103 Å². The fourth-order valence-electron chi connectivity index (χ4n) is 1.17. The molecular formula is C9H7BrF3NO3. The first-order chi connectivity index (χ1) is 7.91. The van der Waals surface area contributed by atoms with Crippen LogP contribution in [0.1, 0.15) is 16.1 Å². The number of rotatable bonds is 4. The SMILES string of the molecule is COc1c(C=O)cc(OC(F)(F)F)nc1CBr. The number of pyridine rings is 1. The summed E-state index contributed by atoms with van der Waals surface area (Å²) >= 11 is 3.03. The number of alkyl halides is 4. The molecule has 1 aromatic rings. The van der Waals surface area contributed by atoms with Crippen molar-refractivity contribution in [2.75, 3.05) is 7.11 Å². The molecule has 1 aromatic heterocycles. The molecule has 0 radical (unpaired) electrons. The van der Waals surface area contributed by atoms with Gasteiger partial charge in [0.15, 0.2) is 12.0 Å². The molecule has 0 spiro atoms. The third-order valence-electron chi connectivity index (χ3n) is 1.73. The average Bonchev–Trinajstić information content (AvgIpc) is 2.25. The molecule has 0 amide bonds. The molecule has 0 saturated heterocycles. The molecule has 4 nitrogen and oxygen atoms in total. The number of carbonyl (C=O) groups excluding carboxylic acids is 1. The number of nitrogens with zero attached hydrogens (tertiary/aromatic N) is 1. The highest BCUT2D eigenvalue weighted by atomic mass is 79.9. The van der Waals surface area contributed by atoms with Gasteiger partial charge in [-0.15, -0.1) is 13.2 Å². The summed E-state index contributed by atoms with van der Waals surface area (Å²) in [6.07, 6.45) is -4.48. The molecule has 0 unspecified atom stereocenters. The van der Waals surface area contributed by atoms with Crippen LogP contribution >= 0.6 is 15.9 Å². The van der Waals surface area contributed by atoms with Crippen LogP contribution in [0, 0.1) is 0 Å². The number of methoxy groups -OCH3 is 1. The lowest BCUT2D eigenvalue weighted by atomic mass is 10.2. The van der Waals surface area contributed by atoms with Crippen LogP contribution in [0.4, 0.5) is 13.2 Å². The Morgan fingerprint density at radius 1 is 1.53 bits per heavy atom. The van der Waals surface area contributed by atoms with Gasteiger partial charge < -0.3 is 9.47 Å². The van der Waals surface area contributed by atoms with Crippen LogP contribution in [0.5, 0.6) is 11.6 Å². The third kappa shape index (κ3) is 3.58. The van der Waals surface area contributed by atoms with Crippen LogP contribution < -0.4 is 9.47 Å². The number of halogens is 4. The van der Waals surface area contributed by atoms with Gasteiger partial charge >= 0.3 is 6.36 Å². The van der Waals surface area contributed by atoms with Gasteiger partial charge in [-0.3, -0.25) is 4.79 Å². The molecule has 0 aliphatic rings. The topological polar surface area (TPSA) is 48.4 Å². The van der Waals surface area contributed by atoms with E-state index in [4.69, 9.17) is 4.74 Å². The maximum Gasteiger partial charge on any atom is 0.574 e. The second-order valence-corrected chi connectivity index (χ2v) is 3.39. The second kappa shape index (κ2) is 5.35. The van der Waals surface area contributed by atoms with Crippen molar-refractivity contribution in [3.8, 4) is 11.6 Å². The molecule has 0 saturated carbocycles. The van der Waals surface area contributed by atoms with Crippen LogP contribution in [0.3, 0.4) is 0 Å². The molecule has 17 heavy (non-hydrogen) atoms. The van der Waals surface area contributed by atoms with Crippen molar-refractivity contribution in [2.24, 2.45) is 0 Å². The molecule has 1 heterocycles. The van der Waals surface area contributed by atoms with E-state index in [1.165, 1.54) is 7.11 Å². The summed E-state index contributed by atoms with van der Waals surface area (Å²) in [7, 11) is 1.29. The number of carbonyl (C=O) groups is 1. The first-order valence-corrected chi connectivity index (χ1v) is 5.38. The second-order valence-electron chi connectivity index (χ2n) is 2.83. The molecular weight excluding hydrogens is 307 g/mol. The fourth-order valence-corrected chi connectivity index (χ4v) is 1.55. The Kier molecular flexibility index (Phi) is 4.33. The van der Waals surface area contributed by atoms with Crippen molar-refractivity contribution >= 4 is 22.2 Å². The van der Waals surface area contributed by atoms with Gasteiger partial charge in [-0.05, 0) is 0 Å². The summed E-state index contributed by atoms with van der Waals surface area (Å²) in [5.41, 5.74) is 0.0903. The maximum atomic E-state index is 12.0. The third-order valence-corrected chi connectivity index (χ3v) is 2.26. The first kappa shape index (κ1) is 13.8. The van der Waals surface area contributed by atoms with Crippen molar-refractivity contribution in [3.05, 3.63) is 17.3 Å². The van der Waals surface area contributed by atoms with Crippen LogP contribution in [0.2, 0.25) is 0 Å². The number of hydrogen-bond acceptors (Lipinski definition) is 4. The van der Waals surface area contributed by atoms with E-state index < -0.39 is 12.2 Å². The molecule has 94 valence electrons. The quantitative estimate of drug-likeness (QED) is 0.633. The van der Waals surface area contributed by atoms with Crippen molar-refractivity contribution in [1.29, 1.82) is 0 Å². The van der Waals surface area contributed by atoms with Crippen LogP contribution in [0.15, 0.2) is 6.07 Å². The summed E-state index contributed by atoms with van der Waals surface area (Å²) in [6.45, 7) is 0. The molecule has 0 aromatic carbocycles. The lowest BCUT2D eigenvalue weighted by Crippen LogP contribution is -2.18. The predicted octanol–water partition coefficient (Wildman–Crippen LogP) is 2.70. The summed E-state index contributed by atoms with van der Waals surface area (Å²) < 4.78 is 44.5. The zero-order chi connectivity index (χ0) is 13.1. The Balaban J connectivity index is 3.22. The minimum Gasteiger partial charge on any atom is -0.494 e. The Bertz CT molecular complexity index is 423. The van der Waals surface area contributed by atoms with Gasteiger partial charge in [-0.25, -0.2) is 4.98 Å². The minimum atomic E-state index is -4.86. The lowest BCUT2D eigenvalue weighted by molar-refractivity contribution is -0.276. The molecule has 0 aliphatic heterocycles. The van der Waals surface area contributed by atoms with E-state index in [1.807, 2.05) is 0 Å². The van der Waals surface area contributed by atoms with Gasteiger partial charge in [0.1, 0.15) is 0 Å². The first-order valence-electron chi connectivity index (χ1n) is 4.26. The van der Waals surface area contributed by atoms with Gasteiger partial charge in [0, 0.05) is 11.4 Å². The zero-order valence-corrected chi connectivity index (χ0v) is 10.1. The van der Waals surface area contributed by atoms with Crippen molar-refractivity contribution in [3.63, 3.8) is 0 Å². The average molecular weight is 314 g/mol. The van der Waals surface area contributed by atoms with Crippen LogP contribution in [0.25, 0.3) is 0 Å². The smallest absolute Gasteiger partial charge is 0.494 e. The highest BCUT2D eigenvalue weighted by Gasteiger charge is 2.32. The van der Waals surface area contributed by atoms with Crippen LogP contribution in [-0.4, -0.2) is 24.7 Å². The largest absolute Gasteiger partial charge is 0.574 e. The molecule has 0 bridgehead atoms. The van der Waals surface area contributed by atoms with E-state index >= 15 is 0 Å². The van der Waals surface area contributed by atoms with E-state index in [-0.39, 0.29) is 22.3 Å². The number of ether oxygens (including phenoxy) is 2. The van der Waals surface area contributed by atoms with Crippen molar-refractivity contribution < 1.29 is 27.4 Å². The minimum absolute atomic E-state index is 0.0591. The van der Waals surface area contributed by atoms with Gasteiger partial charge in [0.2, 0.25) is 5.88 Å². The van der Waals surface area contributed by atoms with Gasteiger partial charge in [-0.1, -0.05) is 15.9 Å². The summed E-state index contributed by atoms with van der Waals surface area (Å²) in [6, 6.07) is 0.867. The standard InChI is InChI=1S/C9H7BrF3NO3/c1-16-8-5(4-15)2-7(14-6(8)3-10)17-9(11,12)13/h2,4H,3H2,1H3. The monoisotopic (exact) mass is 313 g/mol. The molecule has 0 aliphatic carbocycles. The molecule has 1 rings (SSSR count). The maximum absolute atomic E-state index is 12.0. The van der Waals surface area contributed by atoms with Gasteiger partial charge in [0.05, 0.1) is 18.4 Å².